The quantitative estimate of drug-likeness (QED) is 0.595. The molecule has 28 heavy (non-hydrogen) atoms. The highest BCUT2D eigenvalue weighted by molar-refractivity contribution is 5.84. The third kappa shape index (κ3) is 2.65. The number of nitrogens with one attached hydrogen (secondary N) is 1. The predicted molar refractivity (Wildman–Crippen MR) is 109 cm³/mol. The Bertz CT molecular complexity index is 1170. The lowest BCUT2D eigenvalue weighted by atomic mass is 9.89. The molecule has 144 valence electrons. The summed E-state index contributed by atoms with van der Waals surface area (Å²) < 4.78 is 9.43. The topological polar surface area (TPSA) is 69.3 Å². The molecule has 1 aromatic carbocycles. The number of ether oxygens (including phenoxy) is 1. The van der Waals surface area contributed by atoms with Crippen molar-refractivity contribution in [2.24, 2.45) is 7.05 Å². The zero-order chi connectivity index (χ0) is 19.3. The molecule has 7 heteroatoms. The van der Waals surface area contributed by atoms with Crippen LogP contribution in [0.4, 0.5) is 0 Å². The molecule has 0 spiro atoms. The van der Waals surface area contributed by atoms with E-state index in [-0.39, 0.29) is 0 Å². The van der Waals surface area contributed by atoms with Crippen molar-refractivity contribution in [2.75, 3.05) is 20.2 Å². The molecule has 0 unspecified atom stereocenters. The Hall–Kier alpha value is -2.93. The van der Waals surface area contributed by atoms with Crippen LogP contribution in [0, 0.1) is 6.92 Å². The first-order chi connectivity index (χ1) is 13.7. The largest absolute Gasteiger partial charge is 0.493 e. The van der Waals surface area contributed by atoms with E-state index >= 15 is 0 Å². The Labute approximate surface area is 163 Å². The van der Waals surface area contributed by atoms with E-state index in [0.717, 1.165) is 30.0 Å². The van der Waals surface area contributed by atoms with Crippen molar-refractivity contribution < 1.29 is 4.74 Å². The van der Waals surface area contributed by atoms with Gasteiger partial charge in [0, 0.05) is 18.8 Å². The number of hydrogen-bond acceptors (Lipinski definition) is 5. The Morgan fingerprint density at radius 1 is 1.18 bits per heavy atom. The molecule has 1 fully saturated rings. The lowest BCUT2D eigenvalue weighted by Gasteiger charge is -2.23. The average Bonchev–Trinajstić information content (AvgIpc) is 3.33. The van der Waals surface area contributed by atoms with Crippen molar-refractivity contribution in [3.63, 3.8) is 0 Å². The van der Waals surface area contributed by atoms with Crippen LogP contribution in [0.2, 0.25) is 0 Å². The number of rotatable bonds is 3. The molecule has 0 saturated carbocycles. The summed E-state index contributed by atoms with van der Waals surface area (Å²) in [6, 6.07) is 6.62. The molecule has 4 heterocycles. The number of aryl methyl sites for hydroxylation is 2. The van der Waals surface area contributed by atoms with Gasteiger partial charge in [-0.3, -0.25) is 0 Å². The number of hydrogen-bond donors (Lipinski definition) is 1. The van der Waals surface area contributed by atoms with Crippen molar-refractivity contribution in [3.8, 4) is 17.1 Å². The van der Waals surface area contributed by atoms with Crippen molar-refractivity contribution in [1.29, 1.82) is 0 Å². The van der Waals surface area contributed by atoms with Crippen LogP contribution in [0.25, 0.3) is 28.1 Å². The van der Waals surface area contributed by atoms with E-state index in [4.69, 9.17) is 9.72 Å². The molecular weight excluding hydrogens is 352 g/mol. The predicted octanol–water partition coefficient (Wildman–Crippen LogP) is 3.07. The first kappa shape index (κ1) is 17.2. The smallest absolute Gasteiger partial charge is 0.197 e. The summed E-state index contributed by atoms with van der Waals surface area (Å²) in [5.74, 6) is 2.21. The van der Waals surface area contributed by atoms with Crippen molar-refractivity contribution in [3.05, 3.63) is 41.9 Å². The second-order valence-electron chi connectivity index (χ2n) is 7.55. The van der Waals surface area contributed by atoms with E-state index in [1.54, 1.807) is 11.6 Å². The molecule has 0 aliphatic carbocycles. The van der Waals surface area contributed by atoms with Crippen LogP contribution in [0.3, 0.4) is 0 Å². The third-order valence-electron chi connectivity index (χ3n) is 5.83. The van der Waals surface area contributed by atoms with Gasteiger partial charge in [-0.25, -0.2) is 14.5 Å². The van der Waals surface area contributed by atoms with Crippen LogP contribution in [-0.4, -0.2) is 44.3 Å². The van der Waals surface area contributed by atoms with Gasteiger partial charge in [-0.1, -0.05) is 6.07 Å². The Balaban J connectivity index is 1.66. The number of nitrogens with zero attached hydrogens (tertiary/aromatic N) is 5. The van der Waals surface area contributed by atoms with Gasteiger partial charge in [0.15, 0.2) is 11.4 Å². The molecule has 3 aromatic heterocycles. The fourth-order valence-electron chi connectivity index (χ4n) is 4.30. The second-order valence-corrected chi connectivity index (χ2v) is 7.55. The van der Waals surface area contributed by atoms with E-state index in [1.807, 2.05) is 12.3 Å². The maximum atomic E-state index is 5.52. The molecule has 0 bridgehead atoms. The number of fused-ring (bicyclic) bond motifs is 2. The molecule has 1 saturated heterocycles. The normalized spacial score (nSPS) is 15.5. The van der Waals surface area contributed by atoms with Gasteiger partial charge in [0.1, 0.15) is 12.2 Å². The molecular formula is C21H24N6O. The SMILES string of the molecule is COc1cc(-c2nc3c(C)cc(C4CCNCC4)cc3n2C)cn2ncnc12. The van der Waals surface area contributed by atoms with E-state index in [2.05, 4.69) is 46.1 Å². The Kier molecular flexibility index (Phi) is 4.05. The van der Waals surface area contributed by atoms with Gasteiger partial charge in [0.05, 0.1) is 18.1 Å². The number of pyridine rings is 1. The molecule has 5 rings (SSSR count). The molecule has 1 N–H and O–H groups in total. The summed E-state index contributed by atoms with van der Waals surface area (Å²) in [5.41, 5.74) is 6.52. The summed E-state index contributed by atoms with van der Waals surface area (Å²) in [5, 5.41) is 7.73. The molecule has 1 aliphatic rings. The zero-order valence-electron chi connectivity index (χ0n) is 16.4. The van der Waals surface area contributed by atoms with Gasteiger partial charge in [0.2, 0.25) is 0 Å². The molecule has 1 aliphatic heterocycles. The monoisotopic (exact) mass is 376 g/mol. The van der Waals surface area contributed by atoms with Gasteiger partial charge >= 0.3 is 0 Å². The van der Waals surface area contributed by atoms with Crippen LogP contribution < -0.4 is 10.1 Å². The van der Waals surface area contributed by atoms with Gasteiger partial charge in [-0.2, -0.15) is 5.10 Å². The van der Waals surface area contributed by atoms with Gasteiger partial charge in [-0.15, -0.1) is 0 Å². The van der Waals surface area contributed by atoms with Crippen LogP contribution in [-0.2, 0) is 7.05 Å². The lowest BCUT2D eigenvalue weighted by Crippen LogP contribution is -2.26. The summed E-state index contributed by atoms with van der Waals surface area (Å²) in [4.78, 5) is 9.23. The molecule has 4 aromatic rings. The summed E-state index contributed by atoms with van der Waals surface area (Å²) in [7, 11) is 3.73. The average molecular weight is 376 g/mol. The number of piperidine rings is 1. The van der Waals surface area contributed by atoms with Gasteiger partial charge in [0.25, 0.3) is 0 Å². The van der Waals surface area contributed by atoms with Crippen molar-refractivity contribution in [2.45, 2.75) is 25.7 Å². The fourth-order valence-corrected chi connectivity index (χ4v) is 4.30. The number of aromatic nitrogens is 5. The van der Waals surface area contributed by atoms with Crippen molar-refractivity contribution in [1.82, 2.24) is 29.5 Å². The Morgan fingerprint density at radius 3 is 2.79 bits per heavy atom. The van der Waals surface area contributed by atoms with Crippen LogP contribution in [0.1, 0.15) is 29.9 Å². The van der Waals surface area contributed by atoms with Gasteiger partial charge < -0.3 is 14.6 Å². The van der Waals surface area contributed by atoms with E-state index < -0.39 is 0 Å². The first-order valence-corrected chi connectivity index (χ1v) is 9.71. The molecule has 0 atom stereocenters. The highest BCUT2D eigenvalue weighted by Gasteiger charge is 2.20. The van der Waals surface area contributed by atoms with Crippen LogP contribution in [0.5, 0.6) is 5.75 Å². The van der Waals surface area contributed by atoms with Gasteiger partial charge in [-0.05, 0) is 62.0 Å². The van der Waals surface area contributed by atoms with Crippen LogP contribution >= 0.6 is 0 Å². The number of benzene rings is 1. The summed E-state index contributed by atoms with van der Waals surface area (Å²) in [6.45, 7) is 4.34. The van der Waals surface area contributed by atoms with E-state index in [9.17, 15) is 0 Å². The first-order valence-electron chi connectivity index (χ1n) is 9.71. The highest BCUT2D eigenvalue weighted by atomic mass is 16.5. The molecule has 0 radical (unpaired) electrons. The minimum atomic E-state index is 0.620. The molecule has 7 nitrogen and oxygen atoms in total. The maximum absolute atomic E-state index is 5.52. The van der Waals surface area contributed by atoms with E-state index in [0.29, 0.717) is 17.3 Å². The number of methoxy groups -OCH3 is 1. The minimum absolute atomic E-state index is 0.620. The van der Waals surface area contributed by atoms with Crippen molar-refractivity contribution >= 4 is 16.7 Å². The Morgan fingerprint density at radius 2 is 2.00 bits per heavy atom. The summed E-state index contributed by atoms with van der Waals surface area (Å²) in [6.07, 6.45) is 5.87. The minimum Gasteiger partial charge on any atom is -0.493 e. The standard InChI is InChI=1S/C21H24N6O/c1-13-8-15(14-4-6-22-7-5-14)9-17-19(13)25-20(26(17)2)16-10-18(28-3)21-23-12-24-27(21)11-16/h8-12,14,22H,4-7H2,1-3H3. The fraction of sp³-hybridized carbons (Fsp3) is 0.381. The number of imidazole rings is 1. The zero-order valence-corrected chi connectivity index (χ0v) is 16.4. The molecule has 0 amide bonds. The van der Waals surface area contributed by atoms with E-state index in [1.165, 1.54) is 35.8 Å². The second kappa shape index (κ2) is 6.60. The summed E-state index contributed by atoms with van der Waals surface area (Å²) >= 11 is 0. The highest BCUT2D eigenvalue weighted by Crippen LogP contribution is 2.33. The maximum Gasteiger partial charge on any atom is 0.197 e. The van der Waals surface area contributed by atoms with Crippen LogP contribution in [0.15, 0.2) is 30.7 Å². The third-order valence-corrected chi connectivity index (χ3v) is 5.83. The lowest BCUT2D eigenvalue weighted by molar-refractivity contribution is 0.416.